The summed E-state index contributed by atoms with van der Waals surface area (Å²) in [7, 11) is 0. The van der Waals surface area contributed by atoms with E-state index in [1.807, 2.05) is 66.7 Å². The van der Waals surface area contributed by atoms with Crippen molar-refractivity contribution in [2.24, 2.45) is 5.92 Å². The molecule has 8 nitrogen and oxygen atoms in total. The fourth-order valence-corrected chi connectivity index (χ4v) is 5.01. The van der Waals surface area contributed by atoms with Crippen LogP contribution in [0.1, 0.15) is 11.6 Å². The average molecular weight is 465 g/mol. The van der Waals surface area contributed by atoms with Gasteiger partial charge in [-0.1, -0.05) is 72.8 Å². The molecule has 172 valence electrons. The summed E-state index contributed by atoms with van der Waals surface area (Å²) in [6, 6.07) is 27.7. The minimum absolute atomic E-state index is 0.106. The Hall–Kier alpha value is -4.56. The number of amides is 2. The summed E-state index contributed by atoms with van der Waals surface area (Å²) in [4.78, 5) is 45.7. The third-order valence-corrected chi connectivity index (χ3v) is 6.56. The first kappa shape index (κ1) is 21.0. The fourth-order valence-electron chi connectivity index (χ4n) is 5.01. The quantitative estimate of drug-likeness (QED) is 0.244. The van der Waals surface area contributed by atoms with Crippen LogP contribution in [0.3, 0.4) is 0 Å². The molecule has 3 atom stereocenters. The number of non-ortho nitro benzene ring substituents is 1. The predicted octanol–water partition coefficient (Wildman–Crippen LogP) is 4.80. The first-order chi connectivity index (χ1) is 17.0. The minimum atomic E-state index is -1.05. The maximum atomic E-state index is 13.9. The standard InChI is InChI=1S/C27H19N3O5/c31-26-23-24(18-9-2-1-3-10-18)29(19-12-7-13-20(16-19)30(33)34)35-25(23)27(32)28(26)22-15-6-11-17-8-4-5-14-21(17)22/h1-16,23-25H/t23-,24+,25+/m0/s1. The van der Waals surface area contributed by atoms with Crippen molar-refractivity contribution in [1.29, 1.82) is 0 Å². The van der Waals surface area contributed by atoms with E-state index in [-0.39, 0.29) is 11.6 Å². The Morgan fingerprint density at radius 1 is 0.800 bits per heavy atom. The molecule has 0 aliphatic carbocycles. The van der Waals surface area contributed by atoms with Gasteiger partial charge in [0.1, 0.15) is 5.92 Å². The smallest absolute Gasteiger partial charge is 0.271 e. The van der Waals surface area contributed by atoms with E-state index in [0.717, 1.165) is 16.3 Å². The van der Waals surface area contributed by atoms with Crippen molar-refractivity contribution in [3.8, 4) is 0 Å². The van der Waals surface area contributed by atoms with Crippen LogP contribution in [0.15, 0.2) is 97.1 Å². The molecular weight excluding hydrogens is 446 g/mol. The van der Waals surface area contributed by atoms with Crippen molar-refractivity contribution in [2.75, 3.05) is 9.96 Å². The van der Waals surface area contributed by atoms with E-state index in [9.17, 15) is 19.7 Å². The molecule has 0 saturated carbocycles. The van der Waals surface area contributed by atoms with Gasteiger partial charge in [-0.15, -0.1) is 0 Å². The van der Waals surface area contributed by atoms with Gasteiger partial charge in [0.15, 0.2) is 6.10 Å². The van der Waals surface area contributed by atoms with Crippen molar-refractivity contribution < 1.29 is 19.3 Å². The number of fused-ring (bicyclic) bond motifs is 2. The average Bonchev–Trinajstić information content (AvgIpc) is 3.40. The lowest BCUT2D eigenvalue weighted by molar-refractivity contribution is -0.384. The van der Waals surface area contributed by atoms with Gasteiger partial charge in [0.2, 0.25) is 5.91 Å². The van der Waals surface area contributed by atoms with Crippen LogP contribution in [0.4, 0.5) is 17.1 Å². The predicted molar refractivity (Wildman–Crippen MR) is 130 cm³/mol. The molecule has 2 fully saturated rings. The maximum absolute atomic E-state index is 13.9. The number of hydrogen-bond acceptors (Lipinski definition) is 6. The number of rotatable bonds is 4. The first-order valence-electron chi connectivity index (χ1n) is 11.2. The van der Waals surface area contributed by atoms with Crippen LogP contribution in [0.25, 0.3) is 10.8 Å². The zero-order valence-corrected chi connectivity index (χ0v) is 18.4. The zero-order valence-electron chi connectivity index (χ0n) is 18.4. The minimum Gasteiger partial charge on any atom is -0.273 e. The highest BCUT2D eigenvalue weighted by Crippen LogP contribution is 2.48. The number of nitro benzene ring substituents is 1. The summed E-state index contributed by atoms with van der Waals surface area (Å²) in [5.74, 6) is -1.63. The largest absolute Gasteiger partial charge is 0.273 e. The van der Waals surface area contributed by atoms with Gasteiger partial charge in [0.05, 0.1) is 22.3 Å². The van der Waals surface area contributed by atoms with E-state index < -0.39 is 28.9 Å². The Morgan fingerprint density at radius 3 is 2.31 bits per heavy atom. The summed E-state index contributed by atoms with van der Waals surface area (Å²) < 4.78 is 0. The lowest BCUT2D eigenvalue weighted by atomic mass is 9.90. The van der Waals surface area contributed by atoms with Crippen LogP contribution in [0, 0.1) is 16.0 Å². The van der Waals surface area contributed by atoms with E-state index in [2.05, 4.69) is 0 Å². The van der Waals surface area contributed by atoms with Gasteiger partial charge in [-0.2, -0.15) is 0 Å². The molecule has 0 aromatic heterocycles. The summed E-state index contributed by atoms with van der Waals surface area (Å²) in [6.45, 7) is 0. The van der Waals surface area contributed by atoms with Crippen LogP contribution >= 0.6 is 0 Å². The van der Waals surface area contributed by atoms with Crippen molar-refractivity contribution in [3.63, 3.8) is 0 Å². The summed E-state index contributed by atoms with van der Waals surface area (Å²) in [5, 5.41) is 14.5. The molecule has 4 aromatic carbocycles. The number of nitro groups is 1. The van der Waals surface area contributed by atoms with Crippen molar-refractivity contribution >= 4 is 39.6 Å². The Morgan fingerprint density at radius 2 is 1.51 bits per heavy atom. The lowest BCUT2D eigenvalue weighted by Crippen LogP contribution is -2.37. The maximum Gasteiger partial charge on any atom is 0.271 e. The molecule has 2 amide bonds. The molecule has 0 unspecified atom stereocenters. The van der Waals surface area contributed by atoms with Crippen molar-refractivity contribution in [3.05, 3.63) is 113 Å². The molecule has 0 N–H and O–H groups in total. The number of hydrogen-bond donors (Lipinski definition) is 0. The van der Waals surface area contributed by atoms with Gasteiger partial charge in [-0.3, -0.25) is 24.5 Å². The summed E-state index contributed by atoms with van der Waals surface area (Å²) in [5.41, 5.74) is 1.59. The Balaban J connectivity index is 1.46. The summed E-state index contributed by atoms with van der Waals surface area (Å²) >= 11 is 0. The van der Waals surface area contributed by atoms with E-state index >= 15 is 0 Å². The SMILES string of the molecule is O=C1[C@H]2[C@@H](c3ccccc3)N(c3cccc([N+](=O)[O-])c3)O[C@H]2C(=O)N1c1cccc2ccccc12. The van der Waals surface area contributed by atoms with Crippen molar-refractivity contribution in [1.82, 2.24) is 0 Å². The zero-order chi connectivity index (χ0) is 24.1. The van der Waals surface area contributed by atoms with E-state index in [4.69, 9.17) is 4.84 Å². The van der Waals surface area contributed by atoms with E-state index in [0.29, 0.717) is 11.4 Å². The van der Waals surface area contributed by atoms with Crippen LogP contribution in [-0.4, -0.2) is 22.8 Å². The van der Waals surface area contributed by atoms with Crippen LogP contribution in [0.5, 0.6) is 0 Å². The molecule has 2 aliphatic heterocycles. The third kappa shape index (κ3) is 3.26. The molecule has 2 aliphatic rings. The number of carbonyl (C=O) groups is 2. The van der Waals surface area contributed by atoms with Gasteiger partial charge in [-0.05, 0) is 23.1 Å². The highest BCUT2D eigenvalue weighted by Gasteiger charge is 2.60. The first-order valence-corrected chi connectivity index (χ1v) is 11.2. The Kier molecular flexibility index (Phi) is 4.82. The number of hydroxylamine groups is 1. The number of imide groups is 1. The second-order valence-corrected chi connectivity index (χ2v) is 8.52. The molecular formula is C27H19N3O5. The topological polar surface area (TPSA) is 93.0 Å². The van der Waals surface area contributed by atoms with E-state index in [1.165, 1.54) is 22.1 Å². The van der Waals surface area contributed by atoms with E-state index in [1.54, 1.807) is 18.2 Å². The second-order valence-electron chi connectivity index (χ2n) is 8.52. The van der Waals surface area contributed by atoms with Gasteiger partial charge in [-0.25, -0.2) is 9.96 Å². The number of anilines is 2. The highest BCUT2D eigenvalue weighted by atomic mass is 16.7. The molecule has 4 aromatic rings. The second kappa shape index (κ2) is 8.03. The molecule has 35 heavy (non-hydrogen) atoms. The van der Waals surface area contributed by atoms with Gasteiger partial charge in [0, 0.05) is 17.5 Å². The fraction of sp³-hybridized carbons (Fsp3) is 0.111. The van der Waals surface area contributed by atoms with Crippen LogP contribution in [0.2, 0.25) is 0 Å². The van der Waals surface area contributed by atoms with Crippen molar-refractivity contribution in [2.45, 2.75) is 12.1 Å². The van der Waals surface area contributed by atoms with Crippen LogP contribution in [-0.2, 0) is 14.4 Å². The molecule has 8 heteroatoms. The molecule has 0 radical (unpaired) electrons. The number of carbonyl (C=O) groups excluding carboxylic acids is 2. The molecule has 2 saturated heterocycles. The van der Waals surface area contributed by atoms with Crippen LogP contribution < -0.4 is 9.96 Å². The lowest BCUT2D eigenvalue weighted by Gasteiger charge is -2.28. The Bertz CT molecular complexity index is 1480. The molecule has 2 heterocycles. The van der Waals surface area contributed by atoms with Gasteiger partial charge < -0.3 is 0 Å². The third-order valence-electron chi connectivity index (χ3n) is 6.56. The summed E-state index contributed by atoms with van der Waals surface area (Å²) in [6.07, 6.45) is -1.05. The molecule has 6 rings (SSSR count). The number of nitrogens with zero attached hydrogens (tertiary/aromatic N) is 3. The normalized spacial score (nSPS) is 21.5. The highest BCUT2D eigenvalue weighted by molar-refractivity contribution is 6.26. The van der Waals surface area contributed by atoms with Gasteiger partial charge >= 0.3 is 0 Å². The molecule has 0 bridgehead atoms. The number of benzene rings is 4. The molecule has 0 spiro atoms. The Labute approximate surface area is 200 Å². The monoisotopic (exact) mass is 465 g/mol. The van der Waals surface area contributed by atoms with Gasteiger partial charge in [0.25, 0.3) is 11.6 Å².